The highest BCUT2D eigenvalue weighted by Gasteiger charge is 2.35. The third-order valence-corrected chi connectivity index (χ3v) is 2.58. The zero-order chi connectivity index (χ0) is 11.6. The molecule has 0 saturated heterocycles. The predicted octanol–water partition coefficient (Wildman–Crippen LogP) is 2.57. The highest BCUT2D eigenvalue weighted by atomic mass is 19.1. The van der Waals surface area contributed by atoms with E-state index < -0.39 is 5.67 Å². The third kappa shape index (κ3) is 1.68. The summed E-state index contributed by atoms with van der Waals surface area (Å²) in [4.78, 5) is 3.82. The average molecular weight is 223 g/mol. The SMILES string of the molecule is CCC(F)(c1ccc(F)cc1)c1ncn[nH]1. The first-order chi connectivity index (χ1) is 7.66. The number of nitrogens with zero attached hydrogens (tertiary/aromatic N) is 2. The summed E-state index contributed by atoms with van der Waals surface area (Å²) in [6.07, 6.45) is 1.46. The monoisotopic (exact) mass is 223 g/mol. The third-order valence-electron chi connectivity index (χ3n) is 2.58. The lowest BCUT2D eigenvalue weighted by Crippen LogP contribution is -2.22. The van der Waals surface area contributed by atoms with Crippen LogP contribution in [0.2, 0.25) is 0 Å². The molecule has 0 radical (unpaired) electrons. The maximum atomic E-state index is 14.7. The van der Waals surface area contributed by atoms with Gasteiger partial charge in [-0.2, -0.15) is 5.10 Å². The molecule has 0 aliphatic carbocycles. The molecule has 0 aliphatic heterocycles. The largest absolute Gasteiger partial charge is 0.260 e. The summed E-state index contributed by atoms with van der Waals surface area (Å²) in [5.41, 5.74) is -1.38. The van der Waals surface area contributed by atoms with E-state index in [-0.39, 0.29) is 18.1 Å². The molecule has 0 spiro atoms. The van der Waals surface area contributed by atoms with Crippen molar-refractivity contribution in [3.8, 4) is 0 Å². The first kappa shape index (κ1) is 10.7. The maximum Gasteiger partial charge on any atom is 0.194 e. The minimum absolute atomic E-state index is 0.140. The van der Waals surface area contributed by atoms with Crippen molar-refractivity contribution in [2.45, 2.75) is 19.0 Å². The van der Waals surface area contributed by atoms with Gasteiger partial charge in [0.1, 0.15) is 12.1 Å². The highest BCUT2D eigenvalue weighted by Crippen LogP contribution is 2.34. The van der Waals surface area contributed by atoms with Gasteiger partial charge in [0.2, 0.25) is 0 Å². The van der Waals surface area contributed by atoms with Crippen molar-refractivity contribution < 1.29 is 8.78 Å². The van der Waals surface area contributed by atoms with Crippen LogP contribution in [0.4, 0.5) is 8.78 Å². The second-order valence-electron chi connectivity index (χ2n) is 3.50. The molecule has 5 heteroatoms. The van der Waals surface area contributed by atoms with Crippen LogP contribution in [0.15, 0.2) is 30.6 Å². The van der Waals surface area contributed by atoms with E-state index in [1.54, 1.807) is 6.92 Å². The molecule has 1 aromatic heterocycles. The Bertz CT molecular complexity index is 453. The number of rotatable bonds is 3. The van der Waals surface area contributed by atoms with Gasteiger partial charge in [-0.1, -0.05) is 19.1 Å². The maximum absolute atomic E-state index is 14.7. The van der Waals surface area contributed by atoms with Gasteiger partial charge >= 0.3 is 0 Å². The first-order valence-corrected chi connectivity index (χ1v) is 4.97. The number of H-pyrrole nitrogens is 1. The van der Waals surface area contributed by atoms with Crippen LogP contribution in [0.25, 0.3) is 0 Å². The summed E-state index contributed by atoms with van der Waals surface area (Å²) >= 11 is 0. The highest BCUT2D eigenvalue weighted by molar-refractivity contribution is 5.29. The molecule has 1 heterocycles. The Labute approximate surface area is 91.5 Å². The lowest BCUT2D eigenvalue weighted by atomic mass is 9.92. The number of hydrogen-bond donors (Lipinski definition) is 1. The van der Waals surface area contributed by atoms with Crippen LogP contribution in [-0.2, 0) is 5.67 Å². The summed E-state index contributed by atoms with van der Waals surface area (Å²) < 4.78 is 27.5. The molecule has 3 nitrogen and oxygen atoms in total. The van der Waals surface area contributed by atoms with Gasteiger partial charge in [0.15, 0.2) is 11.5 Å². The zero-order valence-corrected chi connectivity index (χ0v) is 8.74. The van der Waals surface area contributed by atoms with Crippen molar-refractivity contribution in [1.29, 1.82) is 0 Å². The van der Waals surface area contributed by atoms with Crippen LogP contribution in [0.1, 0.15) is 24.7 Å². The van der Waals surface area contributed by atoms with Crippen LogP contribution in [0.3, 0.4) is 0 Å². The number of nitrogens with one attached hydrogen (secondary N) is 1. The standard InChI is InChI=1S/C11H11F2N3/c1-2-11(13,10-14-7-15-16-10)8-3-5-9(12)6-4-8/h3-7H,2H2,1H3,(H,14,15,16). The van der Waals surface area contributed by atoms with E-state index >= 15 is 0 Å². The lowest BCUT2D eigenvalue weighted by Gasteiger charge is -2.21. The number of aromatic nitrogens is 3. The van der Waals surface area contributed by atoms with E-state index in [0.717, 1.165) is 0 Å². The fourth-order valence-electron chi connectivity index (χ4n) is 1.62. The molecule has 1 unspecified atom stereocenters. The molecule has 0 amide bonds. The Morgan fingerprint density at radius 3 is 2.50 bits per heavy atom. The van der Waals surface area contributed by atoms with E-state index in [0.29, 0.717) is 5.56 Å². The summed E-state index contributed by atoms with van der Waals surface area (Å²) in [6, 6.07) is 5.30. The number of alkyl halides is 1. The topological polar surface area (TPSA) is 41.6 Å². The Morgan fingerprint density at radius 1 is 1.31 bits per heavy atom. The molecule has 2 aromatic rings. The Hall–Kier alpha value is -1.78. The van der Waals surface area contributed by atoms with Gasteiger partial charge in [-0.3, -0.25) is 5.10 Å². The molecule has 1 N–H and O–H groups in total. The molecular weight excluding hydrogens is 212 g/mol. The lowest BCUT2D eigenvalue weighted by molar-refractivity contribution is 0.200. The van der Waals surface area contributed by atoms with E-state index in [1.807, 2.05) is 0 Å². The summed E-state index contributed by atoms with van der Waals surface area (Å²) in [5.74, 6) is -0.249. The second-order valence-corrected chi connectivity index (χ2v) is 3.50. The molecule has 0 aliphatic rings. The van der Waals surface area contributed by atoms with Gasteiger partial charge in [0.25, 0.3) is 0 Å². The van der Waals surface area contributed by atoms with Gasteiger partial charge in [-0.25, -0.2) is 13.8 Å². The normalized spacial score (nSPS) is 14.7. The minimum atomic E-state index is -1.75. The van der Waals surface area contributed by atoms with Gasteiger partial charge in [0.05, 0.1) is 0 Å². The van der Waals surface area contributed by atoms with Crippen LogP contribution in [0.5, 0.6) is 0 Å². The predicted molar refractivity (Wildman–Crippen MR) is 55.0 cm³/mol. The smallest absolute Gasteiger partial charge is 0.194 e. The van der Waals surface area contributed by atoms with Crippen LogP contribution < -0.4 is 0 Å². The average Bonchev–Trinajstić information content (AvgIpc) is 2.83. The summed E-state index contributed by atoms with van der Waals surface area (Å²) in [5, 5.41) is 6.14. The summed E-state index contributed by atoms with van der Waals surface area (Å²) in [7, 11) is 0. The summed E-state index contributed by atoms with van der Waals surface area (Å²) in [6.45, 7) is 1.70. The molecule has 84 valence electrons. The van der Waals surface area contributed by atoms with Crippen molar-refractivity contribution in [3.05, 3.63) is 47.8 Å². The van der Waals surface area contributed by atoms with Crippen molar-refractivity contribution in [2.75, 3.05) is 0 Å². The molecule has 1 aromatic carbocycles. The van der Waals surface area contributed by atoms with Crippen molar-refractivity contribution >= 4 is 0 Å². The molecule has 0 bridgehead atoms. The van der Waals surface area contributed by atoms with Gasteiger partial charge in [-0.05, 0) is 24.1 Å². The van der Waals surface area contributed by atoms with Gasteiger partial charge in [-0.15, -0.1) is 0 Å². The van der Waals surface area contributed by atoms with Crippen molar-refractivity contribution in [3.63, 3.8) is 0 Å². The van der Waals surface area contributed by atoms with Crippen LogP contribution >= 0.6 is 0 Å². The van der Waals surface area contributed by atoms with E-state index in [4.69, 9.17) is 0 Å². The number of aromatic amines is 1. The first-order valence-electron chi connectivity index (χ1n) is 4.97. The van der Waals surface area contributed by atoms with E-state index in [9.17, 15) is 8.78 Å². The fourth-order valence-corrected chi connectivity index (χ4v) is 1.62. The van der Waals surface area contributed by atoms with E-state index in [2.05, 4.69) is 15.2 Å². The molecule has 16 heavy (non-hydrogen) atoms. The minimum Gasteiger partial charge on any atom is -0.260 e. The van der Waals surface area contributed by atoms with Gasteiger partial charge in [0, 0.05) is 0 Å². The number of halogens is 2. The molecule has 0 fully saturated rings. The van der Waals surface area contributed by atoms with Crippen LogP contribution in [0, 0.1) is 5.82 Å². The zero-order valence-electron chi connectivity index (χ0n) is 8.74. The Kier molecular flexibility index (Phi) is 2.68. The number of hydrogen-bond acceptors (Lipinski definition) is 2. The second kappa shape index (κ2) is 4.00. The quantitative estimate of drug-likeness (QED) is 0.868. The fraction of sp³-hybridized carbons (Fsp3) is 0.273. The van der Waals surface area contributed by atoms with E-state index in [1.165, 1.54) is 30.6 Å². The van der Waals surface area contributed by atoms with Crippen LogP contribution in [-0.4, -0.2) is 15.2 Å². The molecule has 0 saturated carbocycles. The molecular formula is C11H11F2N3. The molecule has 2 rings (SSSR count). The van der Waals surface area contributed by atoms with Crippen molar-refractivity contribution in [2.24, 2.45) is 0 Å². The Balaban J connectivity index is 2.46. The number of benzene rings is 1. The Morgan fingerprint density at radius 2 is 2.00 bits per heavy atom. The molecule has 1 atom stereocenters. The van der Waals surface area contributed by atoms with Gasteiger partial charge < -0.3 is 0 Å². The van der Waals surface area contributed by atoms with Crippen molar-refractivity contribution in [1.82, 2.24) is 15.2 Å².